The summed E-state index contributed by atoms with van der Waals surface area (Å²) in [4.78, 5) is 11.8. The van der Waals surface area contributed by atoms with Gasteiger partial charge in [0.1, 0.15) is 5.75 Å². The number of amides is 1. The van der Waals surface area contributed by atoms with E-state index in [0.29, 0.717) is 30.0 Å². The van der Waals surface area contributed by atoms with Gasteiger partial charge in [0.25, 0.3) is 0 Å². The third kappa shape index (κ3) is 4.60. The lowest BCUT2D eigenvalue weighted by Crippen LogP contribution is -2.18. The second kappa shape index (κ2) is 7.39. The Hall–Kier alpha value is -2.06. The zero-order valence-corrected chi connectivity index (χ0v) is 11.4. The van der Waals surface area contributed by atoms with Crippen LogP contribution < -0.4 is 10.1 Å². The maximum atomic E-state index is 11.8. The van der Waals surface area contributed by atoms with Crippen LogP contribution in [0.15, 0.2) is 18.2 Å². The van der Waals surface area contributed by atoms with Gasteiger partial charge in [-0.05, 0) is 18.1 Å². The number of hydrogen-bond donors (Lipinski definition) is 1. The standard InChI is InChI=1S/C14H18N2O3/c1-10(9-18-2)6-14(17)16-12-5-4-11(8-15)7-13(12)19-3/h4-5,7,10H,6,9H2,1-3H3,(H,16,17). The van der Waals surface area contributed by atoms with Crippen LogP contribution >= 0.6 is 0 Å². The number of carbonyl (C=O) groups is 1. The molecule has 1 atom stereocenters. The molecule has 0 aromatic heterocycles. The molecule has 1 unspecified atom stereocenters. The molecule has 0 aliphatic heterocycles. The zero-order chi connectivity index (χ0) is 14.3. The monoisotopic (exact) mass is 262 g/mol. The fourth-order valence-electron chi connectivity index (χ4n) is 1.73. The van der Waals surface area contributed by atoms with Crippen molar-refractivity contribution < 1.29 is 14.3 Å². The number of methoxy groups -OCH3 is 2. The van der Waals surface area contributed by atoms with Crippen LogP contribution in [0.4, 0.5) is 5.69 Å². The number of carbonyl (C=O) groups excluding carboxylic acids is 1. The van der Waals surface area contributed by atoms with Crippen LogP contribution in [0.3, 0.4) is 0 Å². The smallest absolute Gasteiger partial charge is 0.224 e. The molecule has 0 fully saturated rings. The first-order chi connectivity index (χ1) is 9.10. The molecule has 102 valence electrons. The van der Waals surface area contributed by atoms with E-state index in [0.717, 1.165) is 0 Å². The van der Waals surface area contributed by atoms with Gasteiger partial charge in [0.15, 0.2) is 0 Å². The number of benzene rings is 1. The van der Waals surface area contributed by atoms with E-state index in [-0.39, 0.29) is 11.8 Å². The van der Waals surface area contributed by atoms with E-state index in [4.69, 9.17) is 14.7 Å². The van der Waals surface area contributed by atoms with Crippen molar-refractivity contribution >= 4 is 11.6 Å². The van der Waals surface area contributed by atoms with E-state index >= 15 is 0 Å². The van der Waals surface area contributed by atoms with Crippen LogP contribution in [0.5, 0.6) is 5.75 Å². The molecule has 19 heavy (non-hydrogen) atoms. The quantitative estimate of drug-likeness (QED) is 0.853. The predicted octanol–water partition coefficient (Wildman–Crippen LogP) is 2.18. The lowest BCUT2D eigenvalue weighted by Gasteiger charge is -2.13. The highest BCUT2D eigenvalue weighted by Gasteiger charge is 2.12. The Bertz CT molecular complexity index is 480. The molecule has 0 saturated carbocycles. The number of nitriles is 1. The lowest BCUT2D eigenvalue weighted by atomic mass is 10.1. The van der Waals surface area contributed by atoms with Crippen molar-refractivity contribution in [1.82, 2.24) is 0 Å². The molecule has 1 N–H and O–H groups in total. The van der Waals surface area contributed by atoms with Crippen LogP contribution in [0, 0.1) is 17.2 Å². The molecule has 0 spiro atoms. The molecule has 5 nitrogen and oxygen atoms in total. The summed E-state index contributed by atoms with van der Waals surface area (Å²) in [6.07, 6.45) is 0.372. The normalized spacial score (nSPS) is 11.5. The molecule has 0 saturated heterocycles. The molecule has 0 bridgehead atoms. The topological polar surface area (TPSA) is 71.3 Å². The summed E-state index contributed by atoms with van der Waals surface area (Å²) in [6.45, 7) is 2.48. The Morgan fingerprint density at radius 3 is 2.79 bits per heavy atom. The predicted molar refractivity (Wildman–Crippen MR) is 72.0 cm³/mol. The number of nitrogens with one attached hydrogen (secondary N) is 1. The first-order valence-corrected chi connectivity index (χ1v) is 5.97. The Balaban J connectivity index is 2.71. The third-order valence-electron chi connectivity index (χ3n) is 2.59. The van der Waals surface area contributed by atoms with E-state index in [1.165, 1.54) is 7.11 Å². The average Bonchev–Trinajstić information content (AvgIpc) is 2.39. The van der Waals surface area contributed by atoms with Gasteiger partial charge in [-0.2, -0.15) is 5.26 Å². The summed E-state index contributed by atoms with van der Waals surface area (Å²) in [6, 6.07) is 6.91. The minimum absolute atomic E-state index is 0.104. The minimum atomic E-state index is -0.104. The van der Waals surface area contributed by atoms with Crippen molar-refractivity contribution in [2.45, 2.75) is 13.3 Å². The molecule has 5 heteroatoms. The minimum Gasteiger partial charge on any atom is -0.495 e. The van der Waals surface area contributed by atoms with Gasteiger partial charge in [-0.25, -0.2) is 0 Å². The van der Waals surface area contributed by atoms with Gasteiger partial charge in [-0.15, -0.1) is 0 Å². The highest BCUT2D eigenvalue weighted by atomic mass is 16.5. The van der Waals surface area contributed by atoms with Crippen LogP contribution in [-0.2, 0) is 9.53 Å². The highest BCUT2D eigenvalue weighted by Crippen LogP contribution is 2.25. The number of hydrogen-bond acceptors (Lipinski definition) is 4. The molecule has 0 aliphatic rings. The van der Waals surface area contributed by atoms with Gasteiger partial charge >= 0.3 is 0 Å². The molecule has 1 aromatic carbocycles. The summed E-state index contributed by atoms with van der Waals surface area (Å²) in [7, 11) is 3.11. The van der Waals surface area contributed by atoms with Gasteiger partial charge in [0, 0.05) is 26.2 Å². The summed E-state index contributed by atoms with van der Waals surface area (Å²) in [5, 5.41) is 11.6. The Labute approximate surface area is 113 Å². The first kappa shape index (κ1) is 15.0. The maximum Gasteiger partial charge on any atom is 0.224 e. The SMILES string of the molecule is COCC(C)CC(=O)Nc1ccc(C#N)cc1OC. The van der Waals surface area contributed by atoms with Crippen LogP contribution in [0.2, 0.25) is 0 Å². The Morgan fingerprint density at radius 2 is 2.21 bits per heavy atom. The second-order valence-corrected chi connectivity index (χ2v) is 4.34. The van der Waals surface area contributed by atoms with E-state index in [1.54, 1.807) is 25.3 Å². The fourth-order valence-corrected chi connectivity index (χ4v) is 1.73. The van der Waals surface area contributed by atoms with Gasteiger partial charge in [-0.3, -0.25) is 4.79 Å². The third-order valence-corrected chi connectivity index (χ3v) is 2.59. The number of rotatable bonds is 6. The van der Waals surface area contributed by atoms with Crippen molar-refractivity contribution in [2.24, 2.45) is 5.92 Å². The second-order valence-electron chi connectivity index (χ2n) is 4.34. The van der Waals surface area contributed by atoms with Crippen molar-refractivity contribution in [3.8, 4) is 11.8 Å². The Kier molecular flexibility index (Phi) is 5.83. The summed E-state index contributed by atoms with van der Waals surface area (Å²) < 4.78 is 10.1. The van der Waals surface area contributed by atoms with E-state index < -0.39 is 0 Å². The van der Waals surface area contributed by atoms with E-state index in [9.17, 15) is 4.79 Å². The molecule has 0 aliphatic carbocycles. The fraction of sp³-hybridized carbons (Fsp3) is 0.429. The zero-order valence-electron chi connectivity index (χ0n) is 11.4. The molecule has 0 heterocycles. The molecule has 1 amide bonds. The molecule has 1 aromatic rings. The van der Waals surface area contributed by atoms with Gasteiger partial charge in [0.2, 0.25) is 5.91 Å². The van der Waals surface area contributed by atoms with Gasteiger partial charge < -0.3 is 14.8 Å². The number of anilines is 1. The van der Waals surface area contributed by atoms with Crippen LogP contribution in [0.25, 0.3) is 0 Å². The first-order valence-electron chi connectivity index (χ1n) is 5.97. The van der Waals surface area contributed by atoms with Crippen molar-refractivity contribution in [3.63, 3.8) is 0 Å². The van der Waals surface area contributed by atoms with Crippen LogP contribution in [-0.4, -0.2) is 26.7 Å². The molecule has 1 rings (SSSR count). The number of nitrogens with zero attached hydrogens (tertiary/aromatic N) is 1. The van der Waals surface area contributed by atoms with Crippen molar-refractivity contribution in [2.75, 3.05) is 26.1 Å². The van der Waals surface area contributed by atoms with Crippen molar-refractivity contribution in [3.05, 3.63) is 23.8 Å². The summed E-state index contributed by atoms with van der Waals surface area (Å²) in [5.41, 5.74) is 1.05. The van der Waals surface area contributed by atoms with Gasteiger partial charge in [-0.1, -0.05) is 6.92 Å². The lowest BCUT2D eigenvalue weighted by molar-refractivity contribution is -0.117. The molecule has 0 radical (unpaired) electrons. The highest BCUT2D eigenvalue weighted by molar-refractivity contribution is 5.92. The molecular formula is C14H18N2O3. The van der Waals surface area contributed by atoms with E-state index in [1.807, 2.05) is 13.0 Å². The average molecular weight is 262 g/mol. The maximum absolute atomic E-state index is 11.8. The number of ether oxygens (including phenoxy) is 2. The van der Waals surface area contributed by atoms with Crippen LogP contribution in [0.1, 0.15) is 18.9 Å². The Morgan fingerprint density at radius 1 is 1.47 bits per heavy atom. The van der Waals surface area contributed by atoms with Crippen molar-refractivity contribution in [1.29, 1.82) is 5.26 Å². The van der Waals surface area contributed by atoms with Gasteiger partial charge in [0.05, 0.1) is 24.4 Å². The van der Waals surface area contributed by atoms with E-state index in [2.05, 4.69) is 5.32 Å². The summed E-state index contributed by atoms with van der Waals surface area (Å²) in [5.74, 6) is 0.522. The summed E-state index contributed by atoms with van der Waals surface area (Å²) >= 11 is 0. The molecular weight excluding hydrogens is 244 g/mol. The largest absolute Gasteiger partial charge is 0.495 e.